The number of nitrogens with one attached hydrogen (secondary N) is 2. The van der Waals surface area contributed by atoms with Crippen LogP contribution in [-0.4, -0.2) is 23.3 Å². The van der Waals surface area contributed by atoms with Gasteiger partial charge in [-0.1, -0.05) is 24.3 Å². The molecule has 0 aromatic heterocycles. The average molecular weight is 355 g/mol. The SMILES string of the molecule is C[C@H](NC(=O)Cc1ccccc1[N+](=O)[O-])c1ccc2c(c1)NC(=O)CO2. The Labute approximate surface area is 149 Å². The van der Waals surface area contributed by atoms with E-state index in [9.17, 15) is 19.7 Å². The number of anilines is 1. The third-order valence-electron chi connectivity index (χ3n) is 4.05. The largest absolute Gasteiger partial charge is 0.482 e. The zero-order valence-electron chi connectivity index (χ0n) is 14.0. The summed E-state index contributed by atoms with van der Waals surface area (Å²) >= 11 is 0. The van der Waals surface area contributed by atoms with Gasteiger partial charge in [-0.2, -0.15) is 0 Å². The van der Waals surface area contributed by atoms with Gasteiger partial charge < -0.3 is 15.4 Å². The van der Waals surface area contributed by atoms with Crippen LogP contribution in [0.1, 0.15) is 24.1 Å². The highest BCUT2D eigenvalue weighted by atomic mass is 16.6. The fraction of sp³-hybridized carbons (Fsp3) is 0.222. The zero-order valence-corrected chi connectivity index (χ0v) is 14.0. The number of para-hydroxylation sites is 1. The molecule has 1 aliphatic rings. The Bertz CT molecular complexity index is 881. The van der Waals surface area contributed by atoms with Gasteiger partial charge in [0.25, 0.3) is 11.6 Å². The first-order valence-corrected chi connectivity index (χ1v) is 8.02. The molecule has 0 unspecified atom stereocenters. The summed E-state index contributed by atoms with van der Waals surface area (Å²) in [5, 5.41) is 16.6. The molecule has 0 bridgehead atoms. The Morgan fingerprint density at radius 2 is 2.12 bits per heavy atom. The molecule has 134 valence electrons. The van der Waals surface area contributed by atoms with Gasteiger partial charge in [-0.15, -0.1) is 0 Å². The fourth-order valence-electron chi connectivity index (χ4n) is 2.76. The minimum absolute atomic E-state index is 0.0194. The van der Waals surface area contributed by atoms with Crippen LogP contribution in [0.5, 0.6) is 5.75 Å². The average Bonchev–Trinajstić information content (AvgIpc) is 2.61. The summed E-state index contributed by atoms with van der Waals surface area (Å²) in [6, 6.07) is 11.1. The van der Waals surface area contributed by atoms with Crippen LogP contribution in [0.25, 0.3) is 0 Å². The molecule has 0 aliphatic carbocycles. The van der Waals surface area contributed by atoms with Crippen molar-refractivity contribution < 1.29 is 19.2 Å². The lowest BCUT2D eigenvalue weighted by Gasteiger charge is -2.21. The molecule has 0 spiro atoms. The van der Waals surface area contributed by atoms with E-state index in [1.807, 2.05) is 0 Å². The third kappa shape index (κ3) is 3.80. The number of rotatable bonds is 5. The number of fused-ring (bicyclic) bond motifs is 1. The molecule has 0 fully saturated rings. The Morgan fingerprint density at radius 1 is 1.35 bits per heavy atom. The number of hydrogen-bond donors (Lipinski definition) is 2. The molecule has 26 heavy (non-hydrogen) atoms. The zero-order chi connectivity index (χ0) is 18.7. The Morgan fingerprint density at radius 3 is 2.88 bits per heavy atom. The summed E-state index contributed by atoms with van der Waals surface area (Å²) in [4.78, 5) is 34.2. The van der Waals surface area contributed by atoms with Crippen LogP contribution in [0.2, 0.25) is 0 Å². The highest BCUT2D eigenvalue weighted by molar-refractivity contribution is 5.95. The van der Waals surface area contributed by atoms with Crippen molar-refractivity contribution in [2.75, 3.05) is 11.9 Å². The summed E-state index contributed by atoms with van der Waals surface area (Å²) in [5.41, 5.74) is 1.61. The van der Waals surface area contributed by atoms with E-state index in [1.54, 1.807) is 43.3 Å². The first kappa shape index (κ1) is 17.4. The second-order valence-corrected chi connectivity index (χ2v) is 5.94. The predicted octanol–water partition coefficient (Wildman–Crippen LogP) is 2.35. The fourth-order valence-corrected chi connectivity index (χ4v) is 2.76. The number of carbonyl (C=O) groups excluding carboxylic acids is 2. The van der Waals surface area contributed by atoms with Crippen LogP contribution >= 0.6 is 0 Å². The molecule has 1 heterocycles. The third-order valence-corrected chi connectivity index (χ3v) is 4.05. The van der Waals surface area contributed by atoms with Crippen LogP contribution in [0.15, 0.2) is 42.5 Å². The van der Waals surface area contributed by atoms with Crippen molar-refractivity contribution in [1.29, 1.82) is 0 Å². The van der Waals surface area contributed by atoms with E-state index in [1.165, 1.54) is 6.07 Å². The molecule has 0 saturated carbocycles. The van der Waals surface area contributed by atoms with E-state index in [4.69, 9.17) is 4.74 Å². The number of nitro groups is 1. The molecule has 2 N–H and O–H groups in total. The molecule has 2 aromatic carbocycles. The van der Waals surface area contributed by atoms with Gasteiger partial charge in [0.15, 0.2) is 6.61 Å². The number of nitrogens with zero attached hydrogens (tertiary/aromatic N) is 1. The highest BCUT2D eigenvalue weighted by Gasteiger charge is 2.20. The van der Waals surface area contributed by atoms with E-state index < -0.39 is 4.92 Å². The molecule has 3 rings (SSSR count). The molecular formula is C18H17N3O5. The number of benzene rings is 2. The van der Waals surface area contributed by atoms with Crippen molar-refractivity contribution in [1.82, 2.24) is 5.32 Å². The second-order valence-electron chi connectivity index (χ2n) is 5.94. The number of carbonyl (C=O) groups is 2. The standard InChI is InChI=1S/C18H17N3O5/c1-11(12-6-7-16-14(8-12)20-18(23)10-26-16)19-17(22)9-13-4-2-3-5-15(13)21(24)25/h2-8,11H,9-10H2,1H3,(H,19,22)(H,20,23)/t11-/m0/s1. The molecule has 8 nitrogen and oxygen atoms in total. The van der Waals surface area contributed by atoms with Crippen molar-refractivity contribution in [3.8, 4) is 5.75 Å². The highest BCUT2D eigenvalue weighted by Crippen LogP contribution is 2.30. The normalized spacial score (nSPS) is 13.8. The topological polar surface area (TPSA) is 111 Å². The summed E-state index contributed by atoms with van der Waals surface area (Å²) < 4.78 is 5.30. The predicted molar refractivity (Wildman–Crippen MR) is 93.9 cm³/mol. The molecule has 1 atom stereocenters. The number of hydrogen-bond acceptors (Lipinski definition) is 5. The minimum atomic E-state index is -0.502. The quantitative estimate of drug-likeness (QED) is 0.632. The molecule has 0 saturated heterocycles. The van der Waals surface area contributed by atoms with Crippen LogP contribution in [0, 0.1) is 10.1 Å². The van der Waals surface area contributed by atoms with Gasteiger partial charge in [0.05, 0.1) is 23.1 Å². The number of amides is 2. The molecule has 2 aromatic rings. The number of ether oxygens (including phenoxy) is 1. The van der Waals surface area contributed by atoms with Crippen LogP contribution in [0.3, 0.4) is 0 Å². The van der Waals surface area contributed by atoms with Crippen LogP contribution < -0.4 is 15.4 Å². The van der Waals surface area contributed by atoms with Crippen molar-refractivity contribution in [2.24, 2.45) is 0 Å². The van der Waals surface area contributed by atoms with E-state index in [0.717, 1.165) is 5.56 Å². The maximum atomic E-state index is 12.3. The minimum Gasteiger partial charge on any atom is -0.482 e. The lowest BCUT2D eigenvalue weighted by molar-refractivity contribution is -0.385. The van der Waals surface area contributed by atoms with Gasteiger partial charge in [0, 0.05) is 11.6 Å². The molecule has 8 heteroatoms. The van der Waals surface area contributed by atoms with E-state index >= 15 is 0 Å². The summed E-state index contributed by atoms with van der Waals surface area (Å²) in [7, 11) is 0. The van der Waals surface area contributed by atoms with Gasteiger partial charge in [-0.05, 0) is 24.6 Å². The van der Waals surface area contributed by atoms with Gasteiger partial charge in [-0.25, -0.2) is 0 Å². The van der Waals surface area contributed by atoms with Crippen LogP contribution in [-0.2, 0) is 16.0 Å². The summed E-state index contributed by atoms with van der Waals surface area (Å²) in [5.74, 6) is 0.0133. The Balaban J connectivity index is 1.69. The van der Waals surface area contributed by atoms with Gasteiger partial charge >= 0.3 is 0 Å². The first-order valence-electron chi connectivity index (χ1n) is 8.02. The van der Waals surface area contributed by atoms with Crippen LogP contribution in [0.4, 0.5) is 11.4 Å². The van der Waals surface area contributed by atoms with E-state index in [2.05, 4.69) is 10.6 Å². The first-order chi connectivity index (χ1) is 12.4. The lowest BCUT2D eigenvalue weighted by atomic mass is 10.1. The number of nitro benzene ring substituents is 1. The van der Waals surface area contributed by atoms with Crippen molar-refractivity contribution in [3.05, 3.63) is 63.7 Å². The second kappa shape index (κ2) is 7.22. The van der Waals surface area contributed by atoms with Gasteiger partial charge in [0.2, 0.25) is 5.91 Å². The van der Waals surface area contributed by atoms with Crippen molar-refractivity contribution in [3.63, 3.8) is 0 Å². The van der Waals surface area contributed by atoms with Gasteiger partial charge in [-0.3, -0.25) is 19.7 Å². The summed E-state index contributed by atoms with van der Waals surface area (Å²) in [6.45, 7) is 1.78. The Kier molecular flexibility index (Phi) is 4.83. The molecule has 0 radical (unpaired) electrons. The van der Waals surface area contributed by atoms with Crippen molar-refractivity contribution >= 4 is 23.2 Å². The van der Waals surface area contributed by atoms with E-state index in [0.29, 0.717) is 17.0 Å². The Hall–Kier alpha value is -3.42. The van der Waals surface area contributed by atoms with E-state index in [-0.39, 0.29) is 36.6 Å². The van der Waals surface area contributed by atoms with Gasteiger partial charge in [0.1, 0.15) is 5.75 Å². The van der Waals surface area contributed by atoms with Crippen molar-refractivity contribution in [2.45, 2.75) is 19.4 Å². The smallest absolute Gasteiger partial charge is 0.273 e. The lowest BCUT2D eigenvalue weighted by Crippen LogP contribution is -2.29. The monoisotopic (exact) mass is 355 g/mol. The maximum absolute atomic E-state index is 12.3. The molecule has 2 amide bonds. The maximum Gasteiger partial charge on any atom is 0.273 e. The molecular weight excluding hydrogens is 338 g/mol. The molecule has 1 aliphatic heterocycles. The summed E-state index contributed by atoms with van der Waals surface area (Å²) in [6.07, 6.45) is -0.0910.